The van der Waals surface area contributed by atoms with Gasteiger partial charge >= 0.3 is 0 Å². The summed E-state index contributed by atoms with van der Waals surface area (Å²) >= 11 is 1.82. The monoisotopic (exact) mass is 303 g/mol. The van der Waals surface area contributed by atoms with E-state index in [4.69, 9.17) is 0 Å². The smallest absolute Gasteiger partial charge is 0.117 e. The predicted molar refractivity (Wildman–Crippen MR) is 86.5 cm³/mol. The molecule has 0 bridgehead atoms. The quantitative estimate of drug-likeness (QED) is 0.832. The average Bonchev–Trinajstić information content (AvgIpc) is 2.92. The van der Waals surface area contributed by atoms with Crippen LogP contribution in [-0.2, 0) is 0 Å². The molecule has 0 aliphatic heterocycles. The number of aliphatic hydroxyl groups is 1. The Morgan fingerprint density at radius 3 is 3.05 bits per heavy atom. The van der Waals surface area contributed by atoms with E-state index in [1.165, 1.54) is 0 Å². The first kappa shape index (κ1) is 14.8. The highest BCUT2D eigenvalue weighted by Crippen LogP contribution is 2.40. The summed E-state index contributed by atoms with van der Waals surface area (Å²) in [7, 11) is 0. The van der Waals surface area contributed by atoms with E-state index < -0.39 is 0 Å². The zero-order valence-electron chi connectivity index (χ0n) is 12.2. The van der Waals surface area contributed by atoms with E-state index >= 15 is 0 Å². The highest BCUT2D eigenvalue weighted by molar-refractivity contribution is 8.00. The van der Waals surface area contributed by atoms with Crippen molar-refractivity contribution >= 4 is 22.7 Å². The summed E-state index contributed by atoms with van der Waals surface area (Å²) in [5.41, 5.74) is 0.892. The molecule has 1 aliphatic rings. The van der Waals surface area contributed by atoms with Gasteiger partial charge in [0.15, 0.2) is 0 Å². The first-order valence-electron chi connectivity index (χ1n) is 7.48. The van der Waals surface area contributed by atoms with Gasteiger partial charge in [-0.2, -0.15) is 0 Å². The molecule has 1 aromatic carbocycles. The van der Waals surface area contributed by atoms with Gasteiger partial charge in [-0.3, -0.25) is 0 Å². The lowest BCUT2D eigenvalue weighted by molar-refractivity contribution is 0.167. The second-order valence-corrected chi connectivity index (χ2v) is 6.94. The van der Waals surface area contributed by atoms with Gasteiger partial charge in [0.1, 0.15) is 11.4 Å². The molecule has 1 aliphatic carbocycles. The SMILES string of the molecule is CCNC1(CO)CCC(Sc2ncnc3ccccc23)C1. The molecule has 2 aromatic rings. The molecule has 1 heterocycles. The van der Waals surface area contributed by atoms with Crippen LogP contribution in [-0.4, -0.2) is 39.0 Å². The highest BCUT2D eigenvalue weighted by Gasteiger charge is 2.38. The van der Waals surface area contributed by atoms with Crippen LogP contribution >= 0.6 is 11.8 Å². The maximum absolute atomic E-state index is 9.71. The maximum Gasteiger partial charge on any atom is 0.117 e. The Bertz CT molecular complexity index is 616. The Morgan fingerprint density at radius 2 is 2.24 bits per heavy atom. The molecule has 0 spiro atoms. The van der Waals surface area contributed by atoms with E-state index in [9.17, 15) is 5.11 Å². The van der Waals surface area contributed by atoms with Gasteiger partial charge in [0.2, 0.25) is 0 Å². The summed E-state index contributed by atoms with van der Waals surface area (Å²) in [4.78, 5) is 8.77. The van der Waals surface area contributed by atoms with Gasteiger partial charge in [0.25, 0.3) is 0 Å². The lowest BCUT2D eigenvalue weighted by Gasteiger charge is -2.28. The van der Waals surface area contributed by atoms with E-state index in [0.717, 1.165) is 41.7 Å². The summed E-state index contributed by atoms with van der Waals surface area (Å²) in [5.74, 6) is 0. The number of rotatable bonds is 5. The van der Waals surface area contributed by atoms with Crippen LogP contribution in [0.15, 0.2) is 35.6 Å². The molecule has 4 nitrogen and oxygen atoms in total. The molecule has 2 N–H and O–H groups in total. The summed E-state index contributed by atoms with van der Waals surface area (Å²) in [5, 5.41) is 15.8. The molecule has 0 amide bonds. The van der Waals surface area contributed by atoms with Crippen molar-refractivity contribution in [2.24, 2.45) is 0 Å². The van der Waals surface area contributed by atoms with Gasteiger partial charge in [-0.05, 0) is 31.9 Å². The van der Waals surface area contributed by atoms with Gasteiger partial charge in [-0.25, -0.2) is 9.97 Å². The lowest BCUT2D eigenvalue weighted by Crippen LogP contribution is -2.46. The number of nitrogens with zero attached hydrogens (tertiary/aromatic N) is 2. The first-order chi connectivity index (χ1) is 10.3. The predicted octanol–water partition coefficient (Wildman–Crippen LogP) is 2.62. The number of hydrogen-bond acceptors (Lipinski definition) is 5. The van der Waals surface area contributed by atoms with E-state index in [0.29, 0.717) is 5.25 Å². The molecule has 2 unspecified atom stereocenters. The minimum atomic E-state index is -0.102. The number of fused-ring (bicyclic) bond motifs is 1. The fraction of sp³-hybridized carbons (Fsp3) is 0.500. The number of benzene rings is 1. The van der Waals surface area contributed by atoms with Gasteiger partial charge in [-0.1, -0.05) is 25.1 Å². The van der Waals surface area contributed by atoms with E-state index in [1.54, 1.807) is 6.33 Å². The second kappa shape index (κ2) is 6.30. The van der Waals surface area contributed by atoms with Crippen LogP contribution < -0.4 is 5.32 Å². The number of aromatic nitrogens is 2. The summed E-state index contributed by atoms with van der Waals surface area (Å²) in [6, 6.07) is 8.13. The molecule has 0 radical (unpaired) electrons. The Kier molecular flexibility index (Phi) is 4.42. The van der Waals surface area contributed by atoms with Crippen molar-refractivity contribution in [1.82, 2.24) is 15.3 Å². The summed E-state index contributed by atoms with van der Waals surface area (Å²) < 4.78 is 0. The molecule has 21 heavy (non-hydrogen) atoms. The highest BCUT2D eigenvalue weighted by atomic mass is 32.2. The second-order valence-electron chi connectivity index (χ2n) is 5.65. The van der Waals surface area contributed by atoms with Crippen LogP contribution in [0.2, 0.25) is 0 Å². The van der Waals surface area contributed by atoms with E-state index in [1.807, 2.05) is 30.0 Å². The van der Waals surface area contributed by atoms with E-state index in [2.05, 4.69) is 28.3 Å². The van der Waals surface area contributed by atoms with Crippen LogP contribution in [0.1, 0.15) is 26.2 Å². The molecule has 1 saturated carbocycles. The third kappa shape index (κ3) is 3.05. The molecule has 1 aromatic heterocycles. The molecule has 3 rings (SSSR count). The topological polar surface area (TPSA) is 58.0 Å². The lowest BCUT2D eigenvalue weighted by atomic mass is 9.99. The van der Waals surface area contributed by atoms with Crippen LogP contribution in [0.5, 0.6) is 0 Å². The van der Waals surface area contributed by atoms with Gasteiger partial charge in [0, 0.05) is 16.2 Å². The van der Waals surface area contributed by atoms with Crippen LogP contribution in [0.25, 0.3) is 10.9 Å². The minimum absolute atomic E-state index is 0.102. The number of para-hydroxylation sites is 1. The third-order valence-electron chi connectivity index (χ3n) is 4.20. The number of aliphatic hydroxyl groups excluding tert-OH is 1. The van der Waals surface area contributed by atoms with Crippen molar-refractivity contribution in [1.29, 1.82) is 0 Å². The Labute approximate surface area is 129 Å². The minimum Gasteiger partial charge on any atom is -0.394 e. The van der Waals surface area contributed by atoms with Crippen LogP contribution in [0.4, 0.5) is 0 Å². The first-order valence-corrected chi connectivity index (χ1v) is 8.36. The van der Waals surface area contributed by atoms with Gasteiger partial charge in [-0.15, -0.1) is 11.8 Å². The number of nitrogens with one attached hydrogen (secondary N) is 1. The molecule has 5 heteroatoms. The van der Waals surface area contributed by atoms with Gasteiger partial charge < -0.3 is 10.4 Å². The Balaban J connectivity index is 1.78. The Hall–Kier alpha value is -1.17. The molecular formula is C16H21N3OS. The Morgan fingerprint density at radius 1 is 1.38 bits per heavy atom. The van der Waals surface area contributed by atoms with Crippen molar-refractivity contribution in [3.63, 3.8) is 0 Å². The molecule has 0 saturated heterocycles. The summed E-state index contributed by atoms with van der Waals surface area (Å²) in [6.45, 7) is 3.20. The number of thioether (sulfide) groups is 1. The van der Waals surface area contributed by atoms with E-state index in [-0.39, 0.29) is 12.1 Å². The zero-order chi connectivity index (χ0) is 14.7. The standard InChI is InChI=1S/C16H21N3OS/c1-2-19-16(10-20)8-7-12(9-16)21-15-13-5-3-4-6-14(13)17-11-18-15/h3-6,11-12,19-20H,2,7-10H2,1H3. The molecule has 112 valence electrons. The molecule has 2 atom stereocenters. The maximum atomic E-state index is 9.71. The molecular weight excluding hydrogens is 282 g/mol. The zero-order valence-corrected chi connectivity index (χ0v) is 13.1. The van der Waals surface area contributed by atoms with Crippen molar-refractivity contribution in [2.75, 3.05) is 13.2 Å². The fourth-order valence-corrected chi connectivity index (χ4v) is 4.51. The largest absolute Gasteiger partial charge is 0.394 e. The average molecular weight is 303 g/mol. The van der Waals surface area contributed by atoms with Gasteiger partial charge in [0.05, 0.1) is 12.1 Å². The summed E-state index contributed by atoms with van der Waals surface area (Å²) in [6.07, 6.45) is 4.76. The van der Waals surface area contributed by atoms with Crippen molar-refractivity contribution in [3.8, 4) is 0 Å². The normalized spacial score (nSPS) is 25.5. The third-order valence-corrected chi connectivity index (χ3v) is 5.49. The van der Waals surface area contributed by atoms with Crippen LogP contribution in [0.3, 0.4) is 0 Å². The van der Waals surface area contributed by atoms with Crippen molar-refractivity contribution in [2.45, 2.75) is 42.0 Å². The van der Waals surface area contributed by atoms with Crippen LogP contribution in [0, 0.1) is 0 Å². The van der Waals surface area contributed by atoms with Crippen molar-refractivity contribution < 1.29 is 5.11 Å². The van der Waals surface area contributed by atoms with Crippen molar-refractivity contribution in [3.05, 3.63) is 30.6 Å². The number of likely N-dealkylation sites (N-methyl/N-ethyl adjacent to an activating group) is 1. The number of hydrogen-bond donors (Lipinski definition) is 2. The fourth-order valence-electron chi connectivity index (χ4n) is 3.14. The molecule has 1 fully saturated rings.